The van der Waals surface area contributed by atoms with E-state index in [0.717, 1.165) is 0 Å². The van der Waals surface area contributed by atoms with Crippen molar-refractivity contribution in [3.05, 3.63) is 47.9 Å². The van der Waals surface area contributed by atoms with Crippen LogP contribution in [0.3, 0.4) is 0 Å². The highest BCUT2D eigenvalue weighted by molar-refractivity contribution is 5.97. The second-order valence-electron chi connectivity index (χ2n) is 5.99. The third-order valence-electron chi connectivity index (χ3n) is 4.32. The van der Waals surface area contributed by atoms with Crippen molar-refractivity contribution in [3.63, 3.8) is 0 Å². The molecule has 27 heavy (non-hydrogen) atoms. The van der Waals surface area contributed by atoms with Gasteiger partial charge >= 0.3 is 6.03 Å². The minimum absolute atomic E-state index is 0.269. The van der Waals surface area contributed by atoms with Crippen molar-refractivity contribution >= 4 is 23.4 Å². The van der Waals surface area contributed by atoms with Gasteiger partial charge in [-0.3, -0.25) is 4.79 Å². The molecule has 1 saturated heterocycles. The van der Waals surface area contributed by atoms with Gasteiger partial charge in [0.25, 0.3) is 5.91 Å². The summed E-state index contributed by atoms with van der Waals surface area (Å²) in [5, 5.41) is 2.67. The Hall–Kier alpha value is -3.36. The molecule has 1 aromatic carbocycles. The van der Waals surface area contributed by atoms with Gasteiger partial charge in [-0.15, -0.1) is 0 Å². The molecule has 0 saturated carbocycles. The minimum Gasteiger partial charge on any atom is -0.495 e. The van der Waals surface area contributed by atoms with Gasteiger partial charge in [-0.2, -0.15) is 0 Å². The predicted molar refractivity (Wildman–Crippen MR) is 98.5 cm³/mol. The van der Waals surface area contributed by atoms with Gasteiger partial charge in [0.2, 0.25) is 0 Å². The van der Waals surface area contributed by atoms with E-state index in [2.05, 4.69) is 10.3 Å². The van der Waals surface area contributed by atoms with Crippen molar-refractivity contribution in [1.82, 2.24) is 9.88 Å². The molecule has 0 atom stereocenters. The van der Waals surface area contributed by atoms with E-state index < -0.39 is 11.7 Å². The predicted octanol–water partition coefficient (Wildman–Crippen LogP) is 1.68. The maximum atomic E-state index is 13.4. The number of rotatable bonds is 4. The third-order valence-corrected chi connectivity index (χ3v) is 4.32. The van der Waals surface area contributed by atoms with Gasteiger partial charge in [0.15, 0.2) is 0 Å². The van der Waals surface area contributed by atoms with Crippen LogP contribution in [0, 0.1) is 5.82 Å². The number of primary amides is 1. The van der Waals surface area contributed by atoms with Crippen LogP contribution < -0.4 is 20.7 Å². The maximum Gasteiger partial charge on any atom is 0.322 e. The van der Waals surface area contributed by atoms with Crippen molar-refractivity contribution < 1.29 is 18.7 Å². The Balaban J connectivity index is 1.65. The molecule has 0 radical (unpaired) electrons. The van der Waals surface area contributed by atoms with E-state index in [9.17, 15) is 14.0 Å². The number of amides is 3. The zero-order chi connectivity index (χ0) is 19.4. The van der Waals surface area contributed by atoms with E-state index in [4.69, 9.17) is 10.5 Å². The summed E-state index contributed by atoms with van der Waals surface area (Å²) in [4.78, 5) is 31.8. The lowest BCUT2D eigenvalue weighted by Crippen LogP contribution is -2.50. The van der Waals surface area contributed by atoms with Gasteiger partial charge in [-0.05, 0) is 24.3 Å². The Morgan fingerprint density at radius 2 is 1.96 bits per heavy atom. The monoisotopic (exact) mass is 373 g/mol. The van der Waals surface area contributed by atoms with Crippen LogP contribution in [0.25, 0.3) is 0 Å². The molecule has 0 unspecified atom stereocenters. The van der Waals surface area contributed by atoms with Crippen LogP contribution in [-0.4, -0.2) is 55.1 Å². The number of benzene rings is 1. The van der Waals surface area contributed by atoms with Crippen LogP contribution in [0.5, 0.6) is 5.75 Å². The number of nitrogens with one attached hydrogen (secondary N) is 1. The fourth-order valence-electron chi connectivity index (χ4n) is 2.93. The van der Waals surface area contributed by atoms with Gasteiger partial charge in [0, 0.05) is 38.4 Å². The molecular formula is C18H20FN5O3. The molecule has 3 amide bonds. The Bertz CT molecular complexity index is 853. The van der Waals surface area contributed by atoms with Crippen molar-refractivity contribution in [2.24, 2.45) is 5.73 Å². The van der Waals surface area contributed by atoms with Crippen molar-refractivity contribution in [3.8, 4) is 5.75 Å². The van der Waals surface area contributed by atoms with E-state index in [1.54, 1.807) is 23.2 Å². The summed E-state index contributed by atoms with van der Waals surface area (Å²) >= 11 is 0. The lowest BCUT2D eigenvalue weighted by Gasteiger charge is -2.35. The number of pyridine rings is 1. The van der Waals surface area contributed by atoms with E-state index in [1.165, 1.54) is 25.3 Å². The molecule has 0 spiro atoms. The summed E-state index contributed by atoms with van der Waals surface area (Å²) in [6.45, 7) is 1.81. The molecule has 2 heterocycles. The smallest absolute Gasteiger partial charge is 0.322 e. The van der Waals surface area contributed by atoms with Gasteiger partial charge in [-0.25, -0.2) is 14.2 Å². The van der Waals surface area contributed by atoms with Gasteiger partial charge in [0.1, 0.15) is 17.4 Å². The molecular weight excluding hydrogens is 353 g/mol. The van der Waals surface area contributed by atoms with E-state index in [-0.39, 0.29) is 11.7 Å². The Kier molecular flexibility index (Phi) is 5.39. The zero-order valence-electron chi connectivity index (χ0n) is 14.8. The molecule has 1 aliphatic heterocycles. The molecule has 0 aliphatic carbocycles. The topological polar surface area (TPSA) is 101 Å². The number of nitrogens with two attached hydrogens (primary N) is 1. The number of ether oxygens (including phenoxy) is 1. The second-order valence-corrected chi connectivity index (χ2v) is 5.99. The average molecular weight is 373 g/mol. The van der Waals surface area contributed by atoms with Gasteiger partial charge < -0.3 is 25.6 Å². The molecule has 8 nitrogen and oxygen atoms in total. The van der Waals surface area contributed by atoms with E-state index >= 15 is 0 Å². The summed E-state index contributed by atoms with van der Waals surface area (Å²) in [6.07, 6.45) is 1.59. The van der Waals surface area contributed by atoms with E-state index in [1.807, 2.05) is 4.90 Å². The molecule has 1 aliphatic rings. The van der Waals surface area contributed by atoms with Gasteiger partial charge in [-0.1, -0.05) is 0 Å². The number of methoxy groups -OCH3 is 1. The van der Waals surface area contributed by atoms with Crippen LogP contribution in [0.15, 0.2) is 36.5 Å². The SMILES string of the molecule is COc1ccc(F)cc1NC(=O)N1CCN(c2ncccc2C(N)=O)CC1. The zero-order valence-corrected chi connectivity index (χ0v) is 14.8. The number of halogens is 1. The number of hydrogen-bond acceptors (Lipinski definition) is 5. The highest BCUT2D eigenvalue weighted by Gasteiger charge is 2.25. The highest BCUT2D eigenvalue weighted by Crippen LogP contribution is 2.25. The Morgan fingerprint density at radius 1 is 1.22 bits per heavy atom. The third kappa shape index (κ3) is 4.08. The highest BCUT2D eigenvalue weighted by atomic mass is 19.1. The second kappa shape index (κ2) is 7.90. The molecule has 142 valence electrons. The van der Waals surface area contributed by atoms with Crippen molar-refractivity contribution in [2.75, 3.05) is 43.5 Å². The number of urea groups is 1. The molecule has 9 heteroatoms. The average Bonchev–Trinajstić information content (AvgIpc) is 2.68. The first-order valence-corrected chi connectivity index (χ1v) is 8.39. The lowest BCUT2D eigenvalue weighted by molar-refractivity contribution is 0.1000. The fourth-order valence-corrected chi connectivity index (χ4v) is 2.93. The number of hydrogen-bond donors (Lipinski definition) is 2. The number of piperazine rings is 1. The first-order chi connectivity index (χ1) is 13.0. The summed E-state index contributed by atoms with van der Waals surface area (Å²) in [5.74, 6) is -0.124. The van der Waals surface area contributed by atoms with Crippen molar-refractivity contribution in [2.45, 2.75) is 0 Å². The number of carbonyl (C=O) groups excluding carboxylic acids is 2. The van der Waals surface area contributed by atoms with Crippen LogP contribution >= 0.6 is 0 Å². The molecule has 3 N–H and O–H groups in total. The molecule has 2 aromatic rings. The van der Waals surface area contributed by atoms with Crippen LogP contribution in [0.4, 0.5) is 20.7 Å². The summed E-state index contributed by atoms with van der Waals surface area (Å²) in [5.41, 5.74) is 6.02. The summed E-state index contributed by atoms with van der Waals surface area (Å²) in [7, 11) is 1.45. The van der Waals surface area contributed by atoms with Crippen molar-refractivity contribution in [1.29, 1.82) is 0 Å². The first kappa shape index (κ1) is 18.4. The number of nitrogens with zero attached hydrogens (tertiary/aromatic N) is 3. The fraction of sp³-hybridized carbons (Fsp3) is 0.278. The Morgan fingerprint density at radius 3 is 2.63 bits per heavy atom. The molecule has 1 aromatic heterocycles. The summed E-state index contributed by atoms with van der Waals surface area (Å²) < 4.78 is 18.6. The largest absolute Gasteiger partial charge is 0.495 e. The first-order valence-electron chi connectivity index (χ1n) is 8.39. The number of carbonyl (C=O) groups is 2. The lowest BCUT2D eigenvalue weighted by atomic mass is 10.2. The molecule has 1 fully saturated rings. The number of aromatic nitrogens is 1. The van der Waals surface area contributed by atoms with E-state index in [0.29, 0.717) is 43.3 Å². The van der Waals surface area contributed by atoms with Crippen LogP contribution in [0.2, 0.25) is 0 Å². The maximum absolute atomic E-state index is 13.4. The quantitative estimate of drug-likeness (QED) is 0.849. The minimum atomic E-state index is -0.545. The molecule has 0 bridgehead atoms. The standard InChI is InChI=1S/C18H20FN5O3/c1-27-15-5-4-12(19)11-14(15)22-18(26)24-9-7-23(8-10-24)17-13(16(20)25)3-2-6-21-17/h2-6,11H,7-10H2,1H3,(H2,20,25)(H,22,26). The molecule has 3 rings (SSSR count). The summed E-state index contributed by atoms with van der Waals surface area (Å²) in [6, 6.07) is 6.85. The van der Waals surface area contributed by atoms with Gasteiger partial charge in [0.05, 0.1) is 18.4 Å². The van der Waals surface area contributed by atoms with Crippen LogP contribution in [0.1, 0.15) is 10.4 Å². The van der Waals surface area contributed by atoms with Crippen LogP contribution in [-0.2, 0) is 0 Å². The normalized spacial score (nSPS) is 14.0. The Labute approximate surface area is 155 Å². The number of anilines is 2.